The van der Waals surface area contributed by atoms with E-state index in [1.807, 2.05) is 0 Å². The van der Waals surface area contributed by atoms with Crippen LogP contribution >= 0.6 is 0 Å². The summed E-state index contributed by atoms with van der Waals surface area (Å²) in [5.74, 6) is 0.712. The second-order valence-corrected chi connectivity index (χ2v) is 3.39. The van der Waals surface area contributed by atoms with E-state index in [1.54, 1.807) is 5.57 Å². The lowest BCUT2D eigenvalue weighted by Crippen LogP contribution is -1.98. The molecule has 0 nitrogen and oxygen atoms in total. The summed E-state index contributed by atoms with van der Waals surface area (Å²) in [4.78, 5) is 0. The molecule has 0 aromatic rings. The predicted octanol–water partition coefficient (Wildman–Crippen LogP) is 3.35. The van der Waals surface area contributed by atoms with Crippen LogP contribution in [0.5, 0.6) is 0 Å². The van der Waals surface area contributed by atoms with Gasteiger partial charge in [0.25, 0.3) is 0 Å². The molecule has 0 amide bonds. The van der Waals surface area contributed by atoms with Crippen molar-refractivity contribution in [2.45, 2.75) is 39.0 Å². The van der Waals surface area contributed by atoms with Crippen LogP contribution in [0.25, 0.3) is 0 Å². The van der Waals surface area contributed by atoms with Gasteiger partial charge in [-0.15, -0.1) is 0 Å². The second-order valence-electron chi connectivity index (χ2n) is 3.39. The van der Waals surface area contributed by atoms with Crippen molar-refractivity contribution < 1.29 is 0 Å². The molecule has 0 heterocycles. The van der Waals surface area contributed by atoms with Gasteiger partial charge in [-0.2, -0.15) is 0 Å². The van der Waals surface area contributed by atoms with E-state index in [4.69, 9.17) is 0 Å². The highest BCUT2D eigenvalue weighted by molar-refractivity contribution is 4.99. The fourth-order valence-electron chi connectivity index (χ4n) is 1.43. The molecule has 0 fully saturated rings. The lowest BCUT2D eigenvalue weighted by Gasteiger charge is -2.13. The Kier molecular flexibility index (Phi) is 2.98. The summed E-state index contributed by atoms with van der Waals surface area (Å²) in [6.45, 7) is 6.34. The van der Waals surface area contributed by atoms with Gasteiger partial charge in [-0.3, -0.25) is 0 Å². The Hall–Kier alpha value is -0.260. The van der Waals surface area contributed by atoms with Crippen LogP contribution in [0.15, 0.2) is 11.6 Å². The highest BCUT2D eigenvalue weighted by atomic mass is 14.1. The highest BCUT2D eigenvalue weighted by Gasteiger charge is 2.04. The maximum Gasteiger partial charge on any atom is -0.0320 e. The van der Waals surface area contributed by atoms with Crippen molar-refractivity contribution in [2.24, 2.45) is 5.92 Å². The molecule has 10 heavy (non-hydrogen) atoms. The summed E-state index contributed by atoms with van der Waals surface area (Å²) in [5, 5.41) is 0. The number of hydrogen-bond donors (Lipinski definition) is 0. The van der Waals surface area contributed by atoms with Crippen LogP contribution in [0, 0.1) is 12.8 Å². The molecule has 1 aliphatic carbocycles. The molecule has 0 aromatic heterocycles. The van der Waals surface area contributed by atoms with Crippen LogP contribution in [0.2, 0.25) is 0 Å². The minimum Gasteiger partial charge on any atom is -0.0856 e. The maximum absolute atomic E-state index is 4.11. The molecule has 1 rings (SSSR count). The van der Waals surface area contributed by atoms with E-state index in [2.05, 4.69) is 19.9 Å². The largest absolute Gasteiger partial charge is 0.0856 e. The van der Waals surface area contributed by atoms with Gasteiger partial charge >= 0.3 is 0 Å². The molecule has 0 aromatic carbocycles. The van der Waals surface area contributed by atoms with Crippen LogP contribution in [0.3, 0.4) is 0 Å². The van der Waals surface area contributed by atoms with Crippen LogP contribution in [0.4, 0.5) is 0 Å². The topological polar surface area (TPSA) is 0 Å². The van der Waals surface area contributed by atoms with Gasteiger partial charge in [-0.25, -0.2) is 0 Å². The molecule has 1 atom stereocenters. The third-order valence-electron chi connectivity index (χ3n) is 2.26. The Balaban J connectivity index is 2.39. The monoisotopic (exact) mass is 137 g/mol. The van der Waals surface area contributed by atoms with Crippen LogP contribution in [0.1, 0.15) is 39.0 Å². The third kappa shape index (κ3) is 2.55. The van der Waals surface area contributed by atoms with Crippen LogP contribution in [-0.2, 0) is 0 Å². The van der Waals surface area contributed by atoms with Crippen molar-refractivity contribution in [1.29, 1.82) is 0 Å². The zero-order chi connectivity index (χ0) is 7.40. The van der Waals surface area contributed by atoms with E-state index in [9.17, 15) is 0 Å². The Labute approximate surface area is 64.3 Å². The SMILES string of the molecule is [CH2]C1CCCC=C(C)CC1. The van der Waals surface area contributed by atoms with Crippen LogP contribution < -0.4 is 0 Å². The van der Waals surface area contributed by atoms with Crippen molar-refractivity contribution in [3.8, 4) is 0 Å². The Bertz CT molecular complexity index is 122. The minimum absolute atomic E-state index is 0.712. The van der Waals surface area contributed by atoms with E-state index >= 15 is 0 Å². The van der Waals surface area contributed by atoms with E-state index in [1.165, 1.54) is 32.1 Å². The fraction of sp³-hybridized carbons (Fsp3) is 0.700. The first-order valence-electron chi connectivity index (χ1n) is 4.28. The van der Waals surface area contributed by atoms with Crippen molar-refractivity contribution >= 4 is 0 Å². The molecule has 1 radical (unpaired) electrons. The number of rotatable bonds is 0. The van der Waals surface area contributed by atoms with Crippen LogP contribution in [-0.4, -0.2) is 0 Å². The molecule has 0 saturated carbocycles. The lowest BCUT2D eigenvalue weighted by molar-refractivity contribution is 0.509. The fourth-order valence-corrected chi connectivity index (χ4v) is 1.43. The summed E-state index contributed by atoms with van der Waals surface area (Å²) in [5.41, 5.74) is 1.56. The average Bonchev–Trinajstić information content (AvgIpc) is 1.90. The summed E-state index contributed by atoms with van der Waals surface area (Å²) < 4.78 is 0. The van der Waals surface area contributed by atoms with E-state index < -0.39 is 0 Å². The average molecular weight is 137 g/mol. The molecular formula is C10H17. The van der Waals surface area contributed by atoms with Crippen molar-refractivity contribution in [3.63, 3.8) is 0 Å². The summed E-state index contributed by atoms with van der Waals surface area (Å²) in [7, 11) is 0. The molecule has 57 valence electrons. The standard InChI is InChI=1S/C10H17/c1-9-5-3-4-6-10(2)8-7-9/h6,9H,1,3-5,7-8H2,2H3. The molecule has 1 unspecified atom stereocenters. The minimum atomic E-state index is 0.712. The molecule has 0 N–H and O–H groups in total. The third-order valence-corrected chi connectivity index (χ3v) is 2.26. The van der Waals surface area contributed by atoms with Gasteiger partial charge in [0.2, 0.25) is 0 Å². The second kappa shape index (κ2) is 3.80. The molecule has 0 heteroatoms. The number of allylic oxidation sites excluding steroid dienone is 2. The van der Waals surface area contributed by atoms with Gasteiger partial charge in [0.15, 0.2) is 0 Å². The Morgan fingerprint density at radius 1 is 1.50 bits per heavy atom. The lowest BCUT2D eigenvalue weighted by atomic mass is 9.93. The zero-order valence-electron chi connectivity index (χ0n) is 6.90. The molecular weight excluding hydrogens is 120 g/mol. The van der Waals surface area contributed by atoms with E-state index in [0.29, 0.717) is 5.92 Å². The summed E-state index contributed by atoms with van der Waals surface area (Å²) >= 11 is 0. The molecule has 1 aliphatic rings. The molecule has 0 saturated heterocycles. The Morgan fingerprint density at radius 2 is 2.30 bits per heavy atom. The zero-order valence-corrected chi connectivity index (χ0v) is 6.90. The maximum atomic E-state index is 4.11. The first-order chi connectivity index (χ1) is 4.79. The highest BCUT2D eigenvalue weighted by Crippen LogP contribution is 2.20. The predicted molar refractivity (Wildman–Crippen MR) is 45.7 cm³/mol. The molecule has 0 aliphatic heterocycles. The van der Waals surface area contributed by atoms with Gasteiger partial charge in [-0.05, 0) is 38.5 Å². The first-order valence-corrected chi connectivity index (χ1v) is 4.28. The normalized spacial score (nSPS) is 28.6. The number of hydrogen-bond acceptors (Lipinski definition) is 0. The van der Waals surface area contributed by atoms with Gasteiger partial charge in [0.05, 0.1) is 0 Å². The Morgan fingerprint density at radius 3 is 3.10 bits per heavy atom. The molecule has 0 bridgehead atoms. The van der Waals surface area contributed by atoms with Crippen molar-refractivity contribution in [2.75, 3.05) is 0 Å². The van der Waals surface area contributed by atoms with Gasteiger partial charge in [0.1, 0.15) is 0 Å². The van der Waals surface area contributed by atoms with E-state index in [0.717, 1.165) is 0 Å². The quantitative estimate of drug-likeness (QED) is 0.449. The summed E-state index contributed by atoms with van der Waals surface area (Å²) in [6.07, 6.45) is 8.88. The van der Waals surface area contributed by atoms with Gasteiger partial charge in [0, 0.05) is 0 Å². The smallest absolute Gasteiger partial charge is 0.0320 e. The van der Waals surface area contributed by atoms with Gasteiger partial charge in [-0.1, -0.05) is 25.0 Å². The first kappa shape index (κ1) is 7.84. The van der Waals surface area contributed by atoms with Crippen molar-refractivity contribution in [1.82, 2.24) is 0 Å². The van der Waals surface area contributed by atoms with E-state index in [-0.39, 0.29) is 0 Å². The van der Waals surface area contributed by atoms with Crippen molar-refractivity contribution in [3.05, 3.63) is 18.6 Å². The summed E-state index contributed by atoms with van der Waals surface area (Å²) in [6, 6.07) is 0. The molecule has 0 spiro atoms. The van der Waals surface area contributed by atoms with Gasteiger partial charge < -0.3 is 0 Å².